The minimum Gasteiger partial charge on any atom is -0.409 e. The predicted octanol–water partition coefficient (Wildman–Crippen LogP) is 3.29. The van der Waals surface area contributed by atoms with Crippen LogP contribution < -0.4 is 0 Å². The first-order valence-corrected chi connectivity index (χ1v) is 5.51. The van der Waals surface area contributed by atoms with Crippen molar-refractivity contribution in [3.05, 3.63) is 6.42 Å². The molecule has 3 atom stereocenters. The van der Waals surface area contributed by atoms with E-state index in [2.05, 4.69) is 41.0 Å². The number of hydrogen-bond donors (Lipinski definition) is 0. The van der Waals surface area contributed by atoms with Crippen LogP contribution in [0.5, 0.6) is 0 Å². The van der Waals surface area contributed by atoms with E-state index in [9.17, 15) is 0 Å². The molecule has 0 spiro atoms. The smallest absolute Gasteiger partial charge is 0.0307 e. The Hall–Kier alpha value is 1.06. The van der Waals surface area contributed by atoms with Gasteiger partial charge in [-0.05, 0) is 12.3 Å². The molecule has 0 saturated carbocycles. The molecule has 0 aromatic heterocycles. The van der Waals surface area contributed by atoms with E-state index in [1.54, 1.807) is 0 Å². The van der Waals surface area contributed by atoms with Crippen molar-refractivity contribution in [3.63, 3.8) is 0 Å². The Labute approximate surface area is 114 Å². The van der Waals surface area contributed by atoms with Crippen LogP contribution in [0.4, 0.5) is 0 Å². The van der Waals surface area contributed by atoms with Gasteiger partial charge in [-0.1, -0.05) is 46.6 Å². The summed E-state index contributed by atoms with van der Waals surface area (Å²) in [7, 11) is 0. The molecule has 0 aromatic carbocycles. The Morgan fingerprint density at radius 1 is 1.21 bits per heavy atom. The van der Waals surface area contributed by atoms with E-state index in [-0.39, 0.29) is 32.7 Å². The average Bonchev–Trinajstić information content (AvgIpc) is 2.29. The van der Waals surface area contributed by atoms with Crippen LogP contribution >= 0.6 is 0 Å². The van der Waals surface area contributed by atoms with Gasteiger partial charge in [0, 0.05) is 38.8 Å². The van der Waals surface area contributed by atoms with E-state index in [0.29, 0.717) is 24.0 Å². The number of hydrogen-bond acceptors (Lipinski definition) is 1. The molecule has 1 unspecified atom stereocenters. The minimum atomic E-state index is 0. The van der Waals surface area contributed by atoms with E-state index in [1.807, 2.05) is 0 Å². The normalized spacial score (nSPS) is 32.4. The first-order chi connectivity index (χ1) is 6.00. The molecule has 2 heteroatoms. The third-order valence-corrected chi connectivity index (χ3v) is 2.79. The van der Waals surface area contributed by atoms with Crippen LogP contribution in [-0.4, -0.2) is 12.2 Å². The van der Waals surface area contributed by atoms with Crippen molar-refractivity contribution in [2.75, 3.05) is 0 Å². The molecule has 1 heterocycles. The second-order valence-electron chi connectivity index (χ2n) is 5.02. The maximum absolute atomic E-state index is 5.89. The Morgan fingerprint density at radius 2 is 1.79 bits per heavy atom. The van der Waals surface area contributed by atoms with Crippen molar-refractivity contribution in [1.82, 2.24) is 0 Å². The SMILES string of the molecule is CC(C)C[C@H]1O[C@@H](C)[CH-]C1C(C)C.[Y]. The van der Waals surface area contributed by atoms with Gasteiger partial charge in [0.2, 0.25) is 0 Å². The van der Waals surface area contributed by atoms with Gasteiger partial charge in [-0.15, -0.1) is 5.92 Å². The molecule has 1 radical (unpaired) electrons. The Morgan fingerprint density at radius 3 is 2.21 bits per heavy atom. The summed E-state index contributed by atoms with van der Waals surface area (Å²) in [5, 5.41) is 0. The van der Waals surface area contributed by atoms with Gasteiger partial charge in [0.25, 0.3) is 0 Å². The van der Waals surface area contributed by atoms with Crippen molar-refractivity contribution in [2.24, 2.45) is 17.8 Å². The summed E-state index contributed by atoms with van der Waals surface area (Å²) in [6.07, 6.45) is 4.40. The largest absolute Gasteiger partial charge is 0.409 e. The quantitative estimate of drug-likeness (QED) is 0.716. The zero-order valence-corrected chi connectivity index (χ0v) is 13.0. The number of ether oxygens (including phenoxy) is 1. The van der Waals surface area contributed by atoms with Gasteiger partial charge in [-0.25, -0.2) is 0 Å². The summed E-state index contributed by atoms with van der Waals surface area (Å²) in [6.45, 7) is 11.3. The third-order valence-electron chi connectivity index (χ3n) is 2.79. The van der Waals surface area contributed by atoms with E-state index in [1.165, 1.54) is 6.42 Å². The Bertz CT molecular complexity index is 156. The molecule has 0 N–H and O–H groups in total. The minimum absolute atomic E-state index is 0. The van der Waals surface area contributed by atoms with Crippen molar-refractivity contribution < 1.29 is 37.4 Å². The molecule has 1 rings (SSSR count). The molecule has 1 fully saturated rings. The second kappa shape index (κ2) is 6.60. The van der Waals surface area contributed by atoms with E-state index in [4.69, 9.17) is 4.74 Å². The van der Waals surface area contributed by atoms with Gasteiger partial charge in [-0.2, -0.15) is 0 Å². The van der Waals surface area contributed by atoms with Crippen LogP contribution in [0, 0.1) is 24.2 Å². The molecule has 1 nitrogen and oxygen atoms in total. The summed E-state index contributed by atoms with van der Waals surface area (Å²) < 4.78 is 5.89. The van der Waals surface area contributed by atoms with Gasteiger partial charge in [0.15, 0.2) is 0 Å². The van der Waals surface area contributed by atoms with Gasteiger partial charge in [0.1, 0.15) is 0 Å². The van der Waals surface area contributed by atoms with Crippen LogP contribution in [0.25, 0.3) is 0 Å². The number of rotatable bonds is 3. The zero-order valence-electron chi connectivity index (χ0n) is 10.2. The van der Waals surface area contributed by atoms with E-state index >= 15 is 0 Å². The molecule has 1 saturated heterocycles. The first kappa shape index (κ1) is 15.1. The fraction of sp³-hybridized carbons (Fsp3) is 0.917. The van der Waals surface area contributed by atoms with Crippen molar-refractivity contribution in [1.29, 1.82) is 0 Å². The van der Waals surface area contributed by atoms with Crippen LogP contribution in [0.2, 0.25) is 0 Å². The summed E-state index contributed by atoms with van der Waals surface area (Å²) in [5.41, 5.74) is 0. The molecule has 1 aliphatic rings. The first-order valence-electron chi connectivity index (χ1n) is 5.51. The maximum atomic E-state index is 5.89. The summed E-state index contributed by atoms with van der Waals surface area (Å²) in [4.78, 5) is 0. The Kier molecular flexibility index (Phi) is 7.11. The third kappa shape index (κ3) is 4.29. The van der Waals surface area contributed by atoms with Gasteiger partial charge in [0.05, 0.1) is 0 Å². The monoisotopic (exact) mass is 272 g/mol. The molecule has 0 aromatic rings. The molecule has 14 heavy (non-hydrogen) atoms. The van der Waals surface area contributed by atoms with Crippen LogP contribution in [0.15, 0.2) is 0 Å². The van der Waals surface area contributed by atoms with Gasteiger partial charge >= 0.3 is 0 Å². The summed E-state index contributed by atoms with van der Waals surface area (Å²) in [5.74, 6) is 2.12. The second-order valence-corrected chi connectivity index (χ2v) is 5.02. The standard InChI is InChI=1S/C12H23O.Y/c1-8(2)6-12-11(9(3)4)7-10(5)13-12;/h7-12H,6H2,1-5H3;/q-1;/t10-,11?,12+;/m0./s1. The van der Waals surface area contributed by atoms with Gasteiger partial charge in [-0.3, -0.25) is 6.42 Å². The molecule has 0 aliphatic carbocycles. The average molecular weight is 272 g/mol. The van der Waals surface area contributed by atoms with Crippen LogP contribution in [0.1, 0.15) is 41.0 Å². The summed E-state index contributed by atoms with van der Waals surface area (Å²) >= 11 is 0. The fourth-order valence-electron chi connectivity index (χ4n) is 2.18. The van der Waals surface area contributed by atoms with Crippen LogP contribution in [0.3, 0.4) is 0 Å². The molecule has 0 bridgehead atoms. The van der Waals surface area contributed by atoms with Crippen molar-refractivity contribution in [2.45, 2.75) is 53.2 Å². The molecule has 1 aliphatic heterocycles. The van der Waals surface area contributed by atoms with Gasteiger partial charge < -0.3 is 4.74 Å². The molecule has 0 amide bonds. The van der Waals surface area contributed by atoms with E-state index in [0.717, 1.165) is 5.92 Å². The molecular weight excluding hydrogens is 249 g/mol. The summed E-state index contributed by atoms with van der Waals surface area (Å²) in [6, 6.07) is 0. The molecule has 81 valence electrons. The zero-order chi connectivity index (χ0) is 10.0. The maximum Gasteiger partial charge on any atom is 0.0307 e. The Balaban J connectivity index is 0.00000169. The van der Waals surface area contributed by atoms with E-state index < -0.39 is 0 Å². The predicted molar refractivity (Wildman–Crippen MR) is 56.4 cm³/mol. The van der Waals surface area contributed by atoms with Crippen molar-refractivity contribution in [3.8, 4) is 0 Å². The molecular formula is C12H23OY-. The fourth-order valence-corrected chi connectivity index (χ4v) is 2.18. The van der Waals surface area contributed by atoms with Crippen molar-refractivity contribution >= 4 is 0 Å². The van der Waals surface area contributed by atoms with Crippen LogP contribution in [-0.2, 0) is 37.4 Å². The topological polar surface area (TPSA) is 9.23 Å².